The van der Waals surface area contributed by atoms with E-state index in [9.17, 15) is 4.39 Å². The first-order chi connectivity index (χ1) is 11.1. The molecule has 0 saturated heterocycles. The average Bonchev–Trinajstić information content (AvgIpc) is 2.97. The van der Waals surface area contributed by atoms with Gasteiger partial charge in [-0.1, -0.05) is 12.1 Å². The van der Waals surface area contributed by atoms with Crippen LogP contribution in [0.4, 0.5) is 10.2 Å². The third-order valence-corrected chi connectivity index (χ3v) is 3.49. The second kappa shape index (κ2) is 6.01. The van der Waals surface area contributed by atoms with Crippen LogP contribution in [0.25, 0.3) is 17.0 Å². The van der Waals surface area contributed by atoms with Crippen molar-refractivity contribution >= 4 is 11.5 Å². The molecule has 1 aromatic carbocycles. The van der Waals surface area contributed by atoms with Gasteiger partial charge in [-0.2, -0.15) is 9.78 Å². The van der Waals surface area contributed by atoms with Gasteiger partial charge in [-0.05, 0) is 31.2 Å². The molecule has 0 spiro atoms. The first kappa shape index (κ1) is 14.9. The third kappa shape index (κ3) is 2.97. The van der Waals surface area contributed by atoms with Crippen LogP contribution < -0.4 is 4.90 Å². The van der Waals surface area contributed by atoms with E-state index in [0.29, 0.717) is 29.4 Å². The molecule has 2 heterocycles. The Morgan fingerprint density at radius 3 is 2.87 bits per heavy atom. The molecule has 0 aliphatic rings. The van der Waals surface area contributed by atoms with Crippen LogP contribution in [0, 0.1) is 23.1 Å². The predicted octanol–water partition coefficient (Wildman–Crippen LogP) is 2.53. The molecule has 116 valence electrons. The van der Waals surface area contributed by atoms with E-state index in [4.69, 9.17) is 5.26 Å². The second-order valence-electron chi connectivity index (χ2n) is 5.41. The Hall–Kier alpha value is -3.01. The van der Waals surface area contributed by atoms with E-state index in [1.165, 1.54) is 12.1 Å². The van der Waals surface area contributed by atoms with Gasteiger partial charge in [0, 0.05) is 19.2 Å². The summed E-state index contributed by atoms with van der Waals surface area (Å²) < 4.78 is 15.0. The highest BCUT2D eigenvalue weighted by atomic mass is 19.1. The monoisotopic (exact) mass is 310 g/mol. The molecule has 0 aliphatic heterocycles. The summed E-state index contributed by atoms with van der Waals surface area (Å²) in [4.78, 5) is 1.89. The predicted molar refractivity (Wildman–Crippen MR) is 84.2 cm³/mol. The summed E-state index contributed by atoms with van der Waals surface area (Å²) in [7, 11) is 1.87. The van der Waals surface area contributed by atoms with Gasteiger partial charge < -0.3 is 4.90 Å². The molecule has 0 aliphatic carbocycles. The number of hydrogen-bond acceptors (Lipinski definition) is 5. The fourth-order valence-corrected chi connectivity index (χ4v) is 2.34. The summed E-state index contributed by atoms with van der Waals surface area (Å²) >= 11 is 0. The summed E-state index contributed by atoms with van der Waals surface area (Å²) in [5, 5.41) is 21.6. The molecule has 0 bridgehead atoms. The highest BCUT2D eigenvalue weighted by Gasteiger charge is 2.13. The van der Waals surface area contributed by atoms with E-state index in [0.717, 1.165) is 0 Å². The van der Waals surface area contributed by atoms with E-state index < -0.39 is 0 Å². The molecule has 1 unspecified atom stereocenters. The van der Waals surface area contributed by atoms with Crippen LogP contribution in [0.3, 0.4) is 0 Å². The molecule has 0 saturated carbocycles. The fourth-order valence-electron chi connectivity index (χ4n) is 2.34. The summed E-state index contributed by atoms with van der Waals surface area (Å²) in [6.07, 6.45) is 0. The van der Waals surface area contributed by atoms with Crippen molar-refractivity contribution in [2.45, 2.75) is 6.92 Å². The van der Waals surface area contributed by atoms with Crippen LogP contribution in [0.15, 0.2) is 36.4 Å². The van der Waals surface area contributed by atoms with Crippen molar-refractivity contribution in [2.24, 2.45) is 5.92 Å². The minimum absolute atomic E-state index is 0.110. The van der Waals surface area contributed by atoms with Crippen LogP contribution in [0.5, 0.6) is 0 Å². The van der Waals surface area contributed by atoms with Crippen molar-refractivity contribution in [3.63, 3.8) is 0 Å². The van der Waals surface area contributed by atoms with Gasteiger partial charge in [0.15, 0.2) is 11.5 Å². The number of rotatable bonds is 4. The van der Waals surface area contributed by atoms with Gasteiger partial charge in [-0.15, -0.1) is 15.3 Å². The standard InChI is InChI=1S/C16H15FN6/c1-11(9-18)10-22(2)15-7-6-14-19-20-16(23(14)21-15)12-4-3-5-13(17)8-12/h3-8,11H,10H2,1-2H3. The van der Waals surface area contributed by atoms with Gasteiger partial charge in [0.25, 0.3) is 0 Å². The quantitative estimate of drug-likeness (QED) is 0.740. The van der Waals surface area contributed by atoms with Crippen LogP contribution in [0.1, 0.15) is 6.92 Å². The topological polar surface area (TPSA) is 70.1 Å². The van der Waals surface area contributed by atoms with Crippen LogP contribution in [-0.4, -0.2) is 33.4 Å². The lowest BCUT2D eigenvalue weighted by Gasteiger charge is -2.19. The SMILES string of the molecule is CC(C#N)CN(C)c1ccc2nnc(-c3cccc(F)c3)n2n1. The third-order valence-electron chi connectivity index (χ3n) is 3.49. The molecule has 2 aromatic heterocycles. The van der Waals surface area contributed by atoms with E-state index in [2.05, 4.69) is 21.4 Å². The van der Waals surface area contributed by atoms with E-state index in [1.54, 1.807) is 22.7 Å². The normalized spacial score (nSPS) is 12.1. The maximum absolute atomic E-state index is 13.4. The summed E-state index contributed by atoms with van der Waals surface area (Å²) in [6.45, 7) is 2.42. The number of nitriles is 1. The number of fused-ring (bicyclic) bond motifs is 1. The zero-order valence-corrected chi connectivity index (χ0v) is 12.8. The van der Waals surface area contributed by atoms with Crippen LogP contribution in [-0.2, 0) is 0 Å². The van der Waals surface area contributed by atoms with Crippen molar-refractivity contribution in [1.29, 1.82) is 5.26 Å². The van der Waals surface area contributed by atoms with E-state index in [1.807, 2.05) is 24.9 Å². The lowest BCUT2D eigenvalue weighted by molar-refractivity contribution is 0.628. The van der Waals surface area contributed by atoms with Gasteiger partial charge in [-0.25, -0.2) is 4.39 Å². The number of aromatic nitrogens is 4. The minimum Gasteiger partial charge on any atom is -0.357 e. The Morgan fingerprint density at radius 2 is 2.13 bits per heavy atom. The minimum atomic E-state index is -0.338. The Balaban J connectivity index is 2.02. The highest BCUT2D eigenvalue weighted by molar-refractivity contribution is 5.59. The smallest absolute Gasteiger partial charge is 0.185 e. The Labute approximate surface area is 132 Å². The number of halogens is 1. The first-order valence-corrected chi connectivity index (χ1v) is 7.17. The Bertz CT molecular complexity index is 882. The fraction of sp³-hybridized carbons (Fsp3) is 0.250. The lowest BCUT2D eigenvalue weighted by atomic mass is 10.2. The molecule has 23 heavy (non-hydrogen) atoms. The molecule has 3 aromatic rings. The molecule has 3 rings (SSSR count). The van der Waals surface area contributed by atoms with Crippen molar-refractivity contribution in [2.75, 3.05) is 18.5 Å². The lowest BCUT2D eigenvalue weighted by Crippen LogP contribution is -2.24. The highest BCUT2D eigenvalue weighted by Crippen LogP contribution is 2.20. The van der Waals surface area contributed by atoms with Gasteiger partial charge in [0.2, 0.25) is 0 Å². The largest absolute Gasteiger partial charge is 0.357 e. The summed E-state index contributed by atoms with van der Waals surface area (Å²) in [6, 6.07) is 12.0. The van der Waals surface area contributed by atoms with Gasteiger partial charge in [0.05, 0.1) is 12.0 Å². The molecule has 0 radical (unpaired) electrons. The van der Waals surface area contributed by atoms with Crippen molar-refractivity contribution in [3.05, 3.63) is 42.2 Å². The maximum atomic E-state index is 13.4. The van der Waals surface area contributed by atoms with Crippen molar-refractivity contribution in [3.8, 4) is 17.5 Å². The van der Waals surface area contributed by atoms with Gasteiger partial charge in [-0.3, -0.25) is 0 Å². The van der Waals surface area contributed by atoms with Crippen molar-refractivity contribution < 1.29 is 4.39 Å². The molecule has 7 heteroatoms. The van der Waals surface area contributed by atoms with Crippen LogP contribution >= 0.6 is 0 Å². The number of anilines is 1. The maximum Gasteiger partial charge on any atom is 0.185 e. The molecule has 0 fully saturated rings. The van der Waals surface area contributed by atoms with Gasteiger partial charge >= 0.3 is 0 Å². The summed E-state index contributed by atoms with van der Waals surface area (Å²) in [5.41, 5.74) is 1.19. The summed E-state index contributed by atoms with van der Waals surface area (Å²) in [5.74, 6) is 0.719. The molecule has 0 N–H and O–H groups in total. The van der Waals surface area contributed by atoms with E-state index >= 15 is 0 Å². The molecule has 1 atom stereocenters. The number of benzene rings is 1. The second-order valence-corrected chi connectivity index (χ2v) is 5.41. The number of hydrogen-bond donors (Lipinski definition) is 0. The average molecular weight is 310 g/mol. The molecular weight excluding hydrogens is 295 g/mol. The molecule has 0 amide bonds. The zero-order chi connectivity index (χ0) is 16.4. The Kier molecular flexibility index (Phi) is 3.89. The number of nitrogens with zero attached hydrogens (tertiary/aromatic N) is 6. The van der Waals surface area contributed by atoms with Crippen LogP contribution in [0.2, 0.25) is 0 Å². The zero-order valence-electron chi connectivity index (χ0n) is 12.8. The van der Waals surface area contributed by atoms with Crippen molar-refractivity contribution in [1.82, 2.24) is 19.8 Å². The molecule has 6 nitrogen and oxygen atoms in total. The Morgan fingerprint density at radius 1 is 1.30 bits per heavy atom. The first-order valence-electron chi connectivity index (χ1n) is 7.17. The molecular formula is C16H15FN6. The van der Waals surface area contributed by atoms with Gasteiger partial charge in [0.1, 0.15) is 11.6 Å². The van der Waals surface area contributed by atoms with E-state index in [-0.39, 0.29) is 11.7 Å².